The number of pyridine rings is 1. The molecule has 0 spiro atoms. The van der Waals surface area contributed by atoms with Crippen LogP contribution in [0, 0.1) is 0 Å². The lowest BCUT2D eigenvalue weighted by molar-refractivity contribution is 1.14. The lowest BCUT2D eigenvalue weighted by Crippen LogP contribution is -1.98. The summed E-state index contributed by atoms with van der Waals surface area (Å²) in [6.07, 6.45) is 3.86. The predicted octanol–water partition coefficient (Wildman–Crippen LogP) is 3.94. The van der Waals surface area contributed by atoms with Crippen molar-refractivity contribution < 1.29 is 0 Å². The van der Waals surface area contributed by atoms with Crippen LogP contribution in [0.5, 0.6) is 0 Å². The Bertz CT molecular complexity index is 658. The maximum absolute atomic E-state index is 4.19. The highest BCUT2D eigenvalue weighted by molar-refractivity contribution is 9.10. The molecule has 0 unspecified atom stereocenters. The SMILES string of the molecule is Brc1ccc(NCc2c[nH]c3ccccc23)cn1. The Morgan fingerprint density at radius 1 is 1.17 bits per heavy atom. The lowest BCUT2D eigenvalue weighted by atomic mass is 10.2. The summed E-state index contributed by atoms with van der Waals surface area (Å²) in [5.41, 5.74) is 3.44. The number of aromatic amines is 1. The average molecular weight is 302 g/mol. The number of anilines is 1. The molecule has 0 bridgehead atoms. The molecule has 0 saturated carbocycles. The topological polar surface area (TPSA) is 40.7 Å². The predicted molar refractivity (Wildman–Crippen MR) is 77.6 cm³/mol. The van der Waals surface area contributed by atoms with E-state index < -0.39 is 0 Å². The fraction of sp³-hybridized carbons (Fsp3) is 0.0714. The first-order valence-electron chi connectivity index (χ1n) is 5.73. The normalized spacial score (nSPS) is 10.7. The molecule has 3 rings (SSSR count). The van der Waals surface area contributed by atoms with Crippen molar-refractivity contribution in [2.24, 2.45) is 0 Å². The minimum Gasteiger partial charge on any atom is -0.380 e. The van der Waals surface area contributed by atoms with E-state index in [2.05, 4.69) is 49.4 Å². The van der Waals surface area contributed by atoms with Gasteiger partial charge in [0.2, 0.25) is 0 Å². The molecule has 2 aromatic heterocycles. The van der Waals surface area contributed by atoms with Crippen LogP contribution < -0.4 is 5.32 Å². The smallest absolute Gasteiger partial charge is 0.106 e. The van der Waals surface area contributed by atoms with Crippen LogP contribution in [0.4, 0.5) is 5.69 Å². The van der Waals surface area contributed by atoms with Gasteiger partial charge in [0.05, 0.1) is 11.9 Å². The van der Waals surface area contributed by atoms with Crippen LogP contribution in [-0.2, 0) is 6.54 Å². The van der Waals surface area contributed by atoms with E-state index in [4.69, 9.17) is 0 Å². The van der Waals surface area contributed by atoms with Gasteiger partial charge in [-0.1, -0.05) is 18.2 Å². The summed E-state index contributed by atoms with van der Waals surface area (Å²) in [6, 6.07) is 12.2. The molecule has 3 aromatic rings. The van der Waals surface area contributed by atoms with Crippen LogP contribution in [0.3, 0.4) is 0 Å². The number of rotatable bonds is 3. The van der Waals surface area contributed by atoms with Crippen LogP contribution in [-0.4, -0.2) is 9.97 Å². The van der Waals surface area contributed by atoms with E-state index in [0.717, 1.165) is 16.8 Å². The number of H-pyrrole nitrogens is 1. The van der Waals surface area contributed by atoms with Gasteiger partial charge in [-0.3, -0.25) is 0 Å². The van der Waals surface area contributed by atoms with Gasteiger partial charge in [-0.25, -0.2) is 4.98 Å². The first-order chi connectivity index (χ1) is 8.83. The molecule has 0 saturated heterocycles. The van der Waals surface area contributed by atoms with Gasteiger partial charge in [0.25, 0.3) is 0 Å². The molecule has 0 radical (unpaired) electrons. The molecule has 0 aliphatic carbocycles. The number of para-hydroxylation sites is 1. The molecule has 1 aromatic carbocycles. The third kappa shape index (κ3) is 2.24. The lowest BCUT2D eigenvalue weighted by Gasteiger charge is -2.05. The average Bonchev–Trinajstić information content (AvgIpc) is 2.82. The monoisotopic (exact) mass is 301 g/mol. The van der Waals surface area contributed by atoms with E-state index in [1.165, 1.54) is 16.5 Å². The van der Waals surface area contributed by atoms with Crippen LogP contribution in [0.2, 0.25) is 0 Å². The second kappa shape index (κ2) is 4.82. The third-order valence-electron chi connectivity index (χ3n) is 2.89. The molecule has 2 N–H and O–H groups in total. The van der Waals surface area contributed by atoms with Crippen LogP contribution in [0.1, 0.15) is 5.56 Å². The molecular formula is C14H12BrN3. The van der Waals surface area contributed by atoms with E-state index >= 15 is 0 Å². The molecule has 18 heavy (non-hydrogen) atoms. The summed E-state index contributed by atoms with van der Waals surface area (Å²) in [4.78, 5) is 7.46. The first kappa shape index (κ1) is 11.3. The van der Waals surface area contributed by atoms with Crippen molar-refractivity contribution in [2.45, 2.75) is 6.54 Å². The number of benzene rings is 1. The number of hydrogen-bond acceptors (Lipinski definition) is 2. The number of aromatic nitrogens is 2. The third-order valence-corrected chi connectivity index (χ3v) is 3.35. The second-order valence-electron chi connectivity index (χ2n) is 4.08. The number of nitrogens with one attached hydrogen (secondary N) is 2. The number of halogens is 1. The van der Waals surface area contributed by atoms with Crippen LogP contribution in [0.15, 0.2) is 53.4 Å². The fourth-order valence-corrected chi connectivity index (χ4v) is 2.19. The maximum atomic E-state index is 4.19. The van der Waals surface area contributed by atoms with Crippen molar-refractivity contribution in [3.63, 3.8) is 0 Å². The Morgan fingerprint density at radius 3 is 2.89 bits per heavy atom. The number of fused-ring (bicyclic) bond motifs is 1. The summed E-state index contributed by atoms with van der Waals surface area (Å²) in [5, 5.41) is 4.62. The van der Waals surface area contributed by atoms with E-state index in [1.807, 2.05) is 30.6 Å². The van der Waals surface area contributed by atoms with Crippen molar-refractivity contribution >= 4 is 32.5 Å². The number of hydrogen-bond donors (Lipinski definition) is 2. The van der Waals surface area contributed by atoms with Gasteiger partial charge in [-0.05, 0) is 39.7 Å². The maximum Gasteiger partial charge on any atom is 0.106 e. The Kier molecular flexibility index (Phi) is 3.02. The van der Waals surface area contributed by atoms with E-state index in [9.17, 15) is 0 Å². The Balaban J connectivity index is 1.79. The molecule has 4 heteroatoms. The second-order valence-corrected chi connectivity index (χ2v) is 4.90. The standard InChI is InChI=1S/C14H12BrN3/c15-14-6-5-11(9-18-14)16-7-10-8-17-13-4-2-1-3-12(10)13/h1-6,8-9,16-17H,7H2. The molecule has 90 valence electrons. The molecule has 3 nitrogen and oxygen atoms in total. The van der Waals surface area contributed by atoms with Crippen LogP contribution in [0.25, 0.3) is 10.9 Å². The molecule has 0 atom stereocenters. The zero-order valence-electron chi connectivity index (χ0n) is 9.65. The van der Waals surface area contributed by atoms with Gasteiger partial charge in [0.1, 0.15) is 4.60 Å². The van der Waals surface area contributed by atoms with Gasteiger partial charge in [-0.15, -0.1) is 0 Å². The van der Waals surface area contributed by atoms with Gasteiger partial charge < -0.3 is 10.3 Å². The fourth-order valence-electron chi connectivity index (χ4n) is 1.96. The summed E-state index contributed by atoms with van der Waals surface area (Å²) >= 11 is 3.32. The van der Waals surface area contributed by atoms with E-state index in [1.54, 1.807) is 0 Å². The minimum absolute atomic E-state index is 0.785. The zero-order chi connectivity index (χ0) is 12.4. The molecule has 0 amide bonds. The van der Waals surface area contributed by atoms with Crippen molar-refractivity contribution in [1.29, 1.82) is 0 Å². The molecule has 0 aliphatic rings. The van der Waals surface area contributed by atoms with Crippen molar-refractivity contribution in [3.05, 3.63) is 59.0 Å². The molecule has 2 heterocycles. The quantitative estimate of drug-likeness (QED) is 0.720. The zero-order valence-corrected chi connectivity index (χ0v) is 11.2. The molecular weight excluding hydrogens is 290 g/mol. The molecule has 0 fully saturated rings. The van der Waals surface area contributed by atoms with Crippen molar-refractivity contribution in [2.75, 3.05) is 5.32 Å². The molecule has 0 aliphatic heterocycles. The highest BCUT2D eigenvalue weighted by atomic mass is 79.9. The van der Waals surface area contributed by atoms with Crippen molar-refractivity contribution in [1.82, 2.24) is 9.97 Å². The van der Waals surface area contributed by atoms with Gasteiger partial charge in [0, 0.05) is 23.6 Å². The highest BCUT2D eigenvalue weighted by Crippen LogP contribution is 2.19. The Hall–Kier alpha value is -1.81. The number of nitrogens with zero attached hydrogens (tertiary/aromatic N) is 1. The minimum atomic E-state index is 0.785. The summed E-state index contributed by atoms with van der Waals surface area (Å²) in [5.74, 6) is 0. The largest absolute Gasteiger partial charge is 0.380 e. The Labute approximate surface area is 113 Å². The van der Waals surface area contributed by atoms with Crippen LogP contribution >= 0.6 is 15.9 Å². The summed E-state index contributed by atoms with van der Waals surface area (Å²) < 4.78 is 0.847. The highest BCUT2D eigenvalue weighted by Gasteiger charge is 2.02. The van der Waals surface area contributed by atoms with E-state index in [-0.39, 0.29) is 0 Å². The van der Waals surface area contributed by atoms with Crippen molar-refractivity contribution in [3.8, 4) is 0 Å². The first-order valence-corrected chi connectivity index (χ1v) is 6.52. The summed E-state index contributed by atoms with van der Waals surface area (Å²) in [6.45, 7) is 0.785. The van der Waals surface area contributed by atoms with Gasteiger partial charge in [-0.2, -0.15) is 0 Å². The Morgan fingerprint density at radius 2 is 2.06 bits per heavy atom. The van der Waals surface area contributed by atoms with Gasteiger partial charge in [0.15, 0.2) is 0 Å². The van der Waals surface area contributed by atoms with E-state index in [0.29, 0.717) is 0 Å². The summed E-state index contributed by atoms with van der Waals surface area (Å²) in [7, 11) is 0. The van der Waals surface area contributed by atoms with Gasteiger partial charge >= 0.3 is 0 Å².